The smallest absolute Gasteiger partial charge is 0.328 e. The molecule has 0 unspecified atom stereocenters. The number of fused-ring (bicyclic) bond motifs is 1. The Labute approximate surface area is 184 Å². The number of carbonyl (C=O) groups excluding carboxylic acids is 3. The number of piperidine rings is 1. The molecule has 2 fully saturated rings. The number of hydrogen-bond acceptors (Lipinski definition) is 8. The van der Waals surface area contributed by atoms with Crippen LogP contribution in [0.25, 0.3) is 10.2 Å². The highest BCUT2D eigenvalue weighted by molar-refractivity contribution is 7.18. The Hall–Kier alpha value is -2.56. The molecule has 3 amide bonds. The third-order valence-electron chi connectivity index (χ3n) is 6.04. The Morgan fingerprint density at radius 2 is 1.94 bits per heavy atom. The fraction of sp³-hybridized carbons (Fsp3) is 0.524. The first-order valence-electron chi connectivity index (χ1n) is 10.2. The van der Waals surface area contributed by atoms with Crippen LogP contribution in [0.2, 0.25) is 0 Å². The molecular weight excluding hydrogens is 420 g/mol. The van der Waals surface area contributed by atoms with Crippen LogP contribution >= 0.6 is 11.3 Å². The van der Waals surface area contributed by atoms with Crippen molar-refractivity contribution in [1.29, 1.82) is 0 Å². The molecule has 1 aromatic heterocycles. The van der Waals surface area contributed by atoms with Gasteiger partial charge in [0.2, 0.25) is 0 Å². The number of amides is 3. The van der Waals surface area contributed by atoms with Gasteiger partial charge in [0.15, 0.2) is 0 Å². The second-order valence-corrected chi connectivity index (χ2v) is 8.89. The van der Waals surface area contributed by atoms with E-state index in [0.717, 1.165) is 20.1 Å². The SMILES string of the molecule is COCCN1C(=O)N(CC(=O)OC)C(=O)C12CCN(Cc1nc3ccccc3s1)CC2. The highest BCUT2D eigenvalue weighted by atomic mass is 32.1. The summed E-state index contributed by atoms with van der Waals surface area (Å²) < 4.78 is 11.0. The minimum atomic E-state index is -0.937. The highest BCUT2D eigenvalue weighted by Gasteiger charge is 2.58. The van der Waals surface area contributed by atoms with Gasteiger partial charge in [-0.25, -0.2) is 9.78 Å². The van der Waals surface area contributed by atoms with E-state index in [2.05, 4.69) is 15.7 Å². The monoisotopic (exact) mass is 446 g/mol. The molecule has 2 aromatic rings. The Morgan fingerprint density at radius 1 is 1.19 bits per heavy atom. The molecule has 0 aliphatic carbocycles. The fourth-order valence-corrected chi connectivity index (χ4v) is 5.36. The molecule has 10 heteroatoms. The van der Waals surface area contributed by atoms with Crippen molar-refractivity contribution in [2.24, 2.45) is 0 Å². The van der Waals surface area contributed by atoms with Crippen molar-refractivity contribution >= 4 is 39.5 Å². The minimum absolute atomic E-state index is 0.302. The summed E-state index contributed by atoms with van der Waals surface area (Å²) in [5, 5.41) is 1.04. The number of carbonyl (C=O) groups is 3. The van der Waals surface area contributed by atoms with Crippen LogP contribution < -0.4 is 0 Å². The molecule has 2 aliphatic rings. The third kappa shape index (κ3) is 4.02. The third-order valence-corrected chi connectivity index (χ3v) is 7.06. The lowest BCUT2D eigenvalue weighted by Gasteiger charge is -2.42. The molecule has 0 N–H and O–H groups in total. The van der Waals surface area contributed by atoms with Gasteiger partial charge in [-0.1, -0.05) is 12.1 Å². The van der Waals surface area contributed by atoms with Gasteiger partial charge in [-0.05, 0) is 25.0 Å². The molecule has 166 valence electrons. The average Bonchev–Trinajstić information content (AvgIpc) is 3.27. The molecule has 4 rings (SSSR count). The molecule has 0 bridgehead atoms. The average molecular weight is 447 g/mol. The second kappa shape index (κ2) is 8.89. The van der Waals surface area contributed by atoms with Crippen LogP contribution in [0.4, 0.5) is 4.79 Å². The van der Waals surface area contributed by atoms with Gasteiger partial charge in [-0.2, -0.15) is 0 Å². The number of imide groups is 1. The summed E-state index contributed by atoms with van der Waals surface area (Å²) in [5.74, 6) is -0.933. The summed E-state index contributed by atoms with van der Waals surface area (Å²) in [7, 11) is 2.80. The molecule has 0 saturated carbocycles. The largest absolute Gasteiger partial charge is 0.468 e. The zero-order valence-electron chi connectivity index (χ0n) is 17.7. The molecule has 1 spiro atoms. The van der Waals surface area contributed by atoms with Crippen LogP contribution in [0.1, 0.15) is 17.8 Å². The Kier molecular flexibility index (Phi) is 6.22. The number of likely N-dealkylation sites (tertiary alicyclic amines) is 1. The van der Waals surface area contributed by atoms with Gasteiger partial charge in [0.05, 0.1) is 30.5 Å². The second-order valence-electron chi connectivity index (χ2n) is 7.78. The van der Waals surface area contributed by atoms with Crippen LogP contribution in [-0.4, -0.2) is 90.1 Å². The number of urea groups is 1. The maximum absolute atomic E-state index is 13.3. The van der Waals surface area contributed by atoms with E-state index >= 15 is 0 Å². The topological polar surface area (TPSA) is 92.3 Å². The molecular formula is C21H26N4O5S. The number of hydrogen-bond donors (Lipinski definition) is 0. The first-order chi connectivity index (χ1) is 15.0. The van der Waals surface area contributed by atoms with Crippen molar-refractivity contribution in [1.82, 2.24) is 19.7 Å². The van der Waals surface area contributed by atoms with E-state index in [1.807, 2.05) is 18.2 Å². The van der Waals surface area contributed by atoms with Gasteiger partial charge in [0, 0.05) is 26.7 Å². The number of aromatic nitrogens is 1. The van der Waals surface area contributed by atoms with Gasteiger partial charge in [0.25, 0.3) is 5.91 Å². The van der Waals surface area contributed by atoms with Gasteiger partial charge in [-0.15, -0.1) is 11.3 Å². The quantitative estimate of drug-likeness (QED) is 0.472. The summed E-state index contributed by atoms with van der Waals surface area (Å²) in [6, 6.07) is 7.60. The van der Waals surface area contributed by atoms with Crippen LogP contribution in [-0.2, 0) is 25.6 Å². The number of methoxy groups -OCH3 is 2. The van der Waals surface area contributed by atoms with Crippen LogP contribution in [0.3, 0.4) is 0 Å². The van der Waals surface area contributed by atoms with Gasteiger partial charge < -0.3 is 14.4 Å². The lowest BCUT2D eigenvalue weighted by atomic mass is 9.85. The molecule has 3 heterocycles. The number of ether oxygens (including phenoxy) is 2. The number of nitrogens with zero attached hydrogens (tertiary/aromatic N) is 4. The Bertz CT molecular complexity index is 952. The van der Waals surface area contributed by atoms with Gasteiger partial charge in [0.1, 0.15) is 17.1 Å². The van der Waals surface area contributed by atoms with Crippen molar-refractivity contribution < 1.29 is 23.9 Å². The van der Waals surface area contributed by atoms with Crippen molar-refractivity contribution in [2.75, 3.05) is 47.0 Å². The summed E-state index contributed by atoms with van der Waals surface area (Å²) in [4.78, 5) is 47.6. The number of thiazole rings is 1. The maximum Gasteiger partial charge on any atom is 0.328 e. The molecule has 2 aliphatic heterocycles. The van der Waals surface area contributed by atoms with Crippen LogP contribution in [0, 0.1) is 0 Å². The van der Waals surface area contributed by atoms with E-state index < -0.39 is 17.5 Å². The zero-order chi connectivity index (χ0) is 22.0. The van der Waals surface area contributed by atoms with Crippen molar-refractivity contribution in [3.05, 3.63) is 29.3 Å². The number of rotatable bonds is 7. The zero-order valence-corrected chi connectivity index (χ0v) is 18.5. The van der Waals surface area contributed by atoms with Crippen molar-refractivity contribution in [3.8, 4) is 0 Å². The van der Waals surface area contributed by atoms with Gasteiger partial charge in [-0.3, -0.25) is 19.4 Å². The minimum Gasteiger partial charge on any atom is -0.468 e. The van der Waals surface area contributed by atoms with E-state index in [0.29, 0.717) is 45.6 Å². The Balaban J connectivity index is 1.48. The van der Waals surface area contributed by atoms with E-state index in [4.69, 9.17) is 9.72 Å². The highest BCUT2D eigenvalue weighted by Crippen LogP contribution is 2.37. The Morgan fingerprint density at radius 3 is 2.61 bits per heavy atom. The summed E-state index contributed by atoms with van der Waals surface area (Å²) in [5.41, 5.74) is 0.0602. The molecule has 9 nitrogen and oxygen atoms in total. The van der Waals surface area contributed by atoms with Crippen LogP contribution in [0.5, 0.6) is 0 Å². The predicted octanol–water partition coefficient (Wildman–Crippen LogP) is 1.71. The number of para-hydroxylation sites is 1. The van der Waals surface area contributed by atoms with Crippen molar-refractivity contribution in [2.45, 2.75) is 24.9 Å². The normalized spacial score (nSPS) is 19.0. The summed E-state index contributed by atoms with van der Waals surface area (Å²) in [6.45, 7) is 2.28. The standard InChI is InChI=1S/C21H26N4O5S/c1-29-12-11-25-20(28)24(14-18(26)30-2)19(27)21(25)7-9-23(10-8-21)13-17-22-15-5-3-4-6-16(15)31-17/h3-6H,7-14H2,1-2H3. The van der Waals surface area contributed by atoms with Crippen LogP contribution in [0.15, 0.2) is 24.3 Å². The lowest BCUT2D eigenvalue weighted by Crippen LogP contribution is -2.57. The molecule has 31 heavy (non-hydrogen) atoms. The number of benzene rings is 1. The molecule has 0 radical (unpaired) electrons. The van der Waals surface area contributed by atoms with E-state index in [-0.39, 0.29) is 12.5 Å². The fourth-order valence-electron chi connectivity index (χ4n) is 4.35. The molecule has 2 saturated heterocycles. The van der Waals surface area contributed by atoms with E-state index in [1.54, 1.807) is 23.3 Å². The lowest BCUT2D eigenvalue weighted by molar-refractivity contribution is -0.146. The van der Waals surface area contributed by atoms with Gasteiger partial charge >= 0.3 is 12.0 Å². The number of esters is 1. The van der Waals surface area contributed by atoms with E-state index in [1.165, 1.54) is 7.11 Å². The van der Waals surface area contributed by atoms with Crippen molar-refractivity contribution in [3.63, 3.8) is 0 Å². The molecule has 1 aromatic carbocycles. The predicted molar refractivity (Wildman–Crippen MR) is 115 cm³/mol. The maximum atomic E-state index is 13.3. The van der Waals surface area contributed by atoms with E-state index in [9.17, 15) is 14.4 Å². The molecule has 0 atom stereocenters. The summed E-state index contributed by atoms with van der Waals surface area (Å²) >= 11 is 1.68. The first-order valence-corrected chi connectivity index (χ1v) is 11.1. The summed E-state index contributed by atoms with van der Waals surface area (Å²) in [6.07, 6.45) is 1.01. The first kappa shape index (κ1) is 21.7.